The van der Waals surface area contributed by atoms with Gasteiger partial charge in [-0.15, -0.1) is 0 Å². The average molecular weight is 388 g/mol. The van der Waals surface area contributed by atoms with E-state index >= 15 is 0 Å². The SMILES string of the molecule is CCOC(=O)CCCNC(=O)COC(=O)c1ccc(-n2nc(C)cc2C)nc1. The largest absolute Gasteiger partial charge is 0.466 e. The van der Waals surface area contributed by atoms with E-state index in [4.69, 9.17) is 9.47 Å². The van der Waals surface area contributed by atoms with Crippen molar-refractivity contribution in [1.82, 2.24) is 20.1 Å². The number of carbonyl (C=O) groups is 3. The van der Waals surface area contributed by atoms with E-state index in [1.54, 1.807) is 23.7 Å². The number of aromatic nitrogens is 3. The molecule has 0 aromatic carbocycles. The summed E-state index contributed by atoms with van der Waals surface area (Å²) in [7, 11) is 0. The van der Waals surface area contributed by atoms with E-state index in [1.165, 1.54) is 6.20 Å². The third-order valence-electron chi connectivity index (χ3n) is 3.73. The van der Waals surface area contributed by atoms with Crippen LogP contribution in [0.2, 0.25) is 0 Å². The maximum Gasteiger partial charge on any atom is 0.340 e. The van der Waals surface area contributed by atoms with Crippen LogP contribution in [0.3, 0.4) is 0 Å². The Hall–Kier alpha value is -3.23. The summed E-state index contributed by atoms with van der Waals surface area (Å²) in [6.45, 7) is 5.76. The predicted molar refractivity (Wildman–Crippen MR) is 100.0 cm³/mol. The van der Waals surface area contributed by atoms with Crippen LogP contribution in [0.15, 0.2) is 24.4 Å². The van der Waals surface area contributed by atoms with Gasteiger partial charge in [-0.2, -0.15) is 5.10 Å². The summed E-state index contributed by atoms with van der Waals surface area (Å²) in [4.78, 5) is 39.1. The molecule has 1 N–H and O–H groups in total. The van der Waals surface area contributed by atoms with Gasteiger partial charge >= 0.3 is 11.9 Å². The summed E-state index contributed by atoms with van der Waals surface area (Å²) >= 11 is 0. The van der Waals surface area contributed by atoms with Crippen molar-refractivity contribution in [1.29, 1.82) is 0 Å². The second-order valence-electron chi connectivity index (χ2n) is 6.08. The molecule has 0 fully saturated rings. The van der Waals surface area contributed by atoms with Gasteiger partial charge < -0.3 is 14.8 Å². The predicted octanol–water partition coefficient (Wildman–Crippen LogP) is 1.50. The molecule has 2 heterocycles. The molecule has 0 radical (unpaired) electrons. The van der Waals surface area contributed by atoms with Crippen molar-refractivity contribution in [3.05, 3.63) is 41.3 Å². The molecule has 2 aromatic heterocycles. The highest BCUT2D eigenvalue weighted by molar-refractivity contribution is 5.91. The fourth-order valence-corrected chi connectivity index (χ4v) is 2.45. The third kappa shape index (κ3) is 6.19. The number of esters is 2. The van der Waals surface area contributed by atoms with E-state index in [9.17, 15) is 14.4 Å². The highest BCUT2D eigenvalue weighted by Crippen LogP contribution is 2.10. The number of carbonyl (C=O) groups excluding carboxylic acids is 3. The lowest BCUT2D eigenvalue weighted by Gasteiger charge is -2.07. The minimum absolute atomic E-state index is 0.223. The zero-order valence-electron chi connectivity index (χ0n) is 16.2. The van der Waals surface area contributed by atoms with Crippen LogP contribution in [0.25, 0.3) is 5.82 Å². The Morgan fingerprint density at radius 2 is 1.96 bits per heavy atom. The molecule has 9 heteroatoms. The van der Waals surface area contributed by atoms with E-state index in [2.05, 4.69) is 15.4 Å². The minimum atomic E-state index is -0.644. The van der Waals surface area contributed by atoms with Crippen LogP contribution in [-0.2, 0) is 19.1 Å². The van der Waals surface area contributed by atoms with Crippen LogP contribution < -0.4 is 5.32 Å². The normalized spacial score (nSPS) is 10.4. The Labute approximate surface area is 163 Å². The number of hydrogen-bond donors (Lipinski definition) is 1. The molecule has 0 atom stereocenters. The second kappa shape index (κ2) is 10.2. The maximum atomic E-state index is 12.0. The molecule has 150 valence electrons. The maximum absolute atomic E-state index is 12.0. The fraction of sp³-hybridized carbons (Fsp3) is 0.421. The monoisotopic (exact) mass is 388 g/mol. The van der Waals surface area contributed by atoms with Crippen LogP contribution in [0.1, 0.15) is 41.5 Å². The summed E-state index contributed by atoms with van der Waals surface area (Å²) in [6, 6.07) is 5.15. The van der Waals surface area contributed by atoms with Crippen LogP contribution >= 0.6 is 0 Å². The molecule has 0 aliphatic heterocycles. The van der Waals surface area contributed by atoms with Gasteiger partial charge in [0, 0.05) is 24.9 Å². The Morgan fingerprint density at radius 3 is 2.57 bits per heavy atom. The summed E-state index contributed by atoms with van der Waals surface area (Å²) in [5.74, 6) is -0.806. The molecule has 0 aliphatic rings. The van der Waals surface area contributed by atoms with Crippen molar-refractivity contribution in [2.24, 2.45) is 0 Å². The molecular weight excluding hydrogens is 364 g/mol. The zero-order chi connectivity index (χ0) is 20.5. The highest BCUT2D eigenvalue weighted by Gasteiger charge is 2.12. The van der Waals surface area contributed by atoms with E-state index in [0.717, 1.165) is 11.4 Å². The molecular formula is C19H24N4O5. The Kier molecular flexibility index (Phi) is 7.67. The molecule has 2 rings (SSSR count). The van der Waals surface area contributed by atoms with Crippen molar-refractivity contribution in [2.75, 3.05) is 19.8 Å². The van der Waals surface area contributed by atoms with Gasteiger partial charge in [0.25, 0.3) is 5.91 Å². The van der Waals surface area contributed by atoms with Gasteiger partial charge in [0.2, 0.25) is 0 Å². The van der Waals surface area contributed by atoms with Crippen LogP contribution in [0.5, 0.6) is 0 Å². The summed E-state index contributed by atoms with van der Waals surface area (Å²) in [5.41, 5.74) is 2.04. The molecule has 0 bridgehead atoms. The topological polar surface area (TPSA) is 112 Å². The molecule has 1 amide bonds. The summed E-state index contributed by atoms with van der Waals surface area (Å²) in [5, 5.41) is 6.90. The van der Waals surface area contributed by atoms with Crippen LogP contribution in [0.4, 0.5) is 0 Å². The van der Waals surface area contributed by atoms with Crippen LogP contribution in [-0.4, -0.2) is 52.4 Å². The first-order valence-electron chi connectivity index (χ1n) is 9.00. The molecule has 0 aliphatic carbocycles. The quantitative estimate of drug-likeness (QED) is 0.512. The van der Waals surface area contributed by atoms with Crippen molar-refractivity contribution in [3.63, 3.8) is 0 Å². The number of ether oxygens (including phenoxy) is 2. The molecule has 0 spiro atoms. The van der Waals surface area contributed by atoms with Gasteiger partial charge in [0.05, 0.1) is 17.9 Å². The van der Waals surface area contributed by atoms with Gasteiger partial charge in [0.1, 0.15) is 0 Å². The minimum Gasteiger partial charge on any atom is -0.466 e. The molecule has 2 aromatic rings. The molecule has 0 saturated heterocycles. The van der Waals surface area contributed by atoms with Crippen molar-refractivity contribution in [2.45, 2.75) is 33.6 Å². The fourth-order valence-electron chi connectivity index (χ4n) is 2.45. The molecule has 0 saturated carbocycles. The number of nitrogens with one attached hydrogen (secondary N) is 1. The lowest BCUT2D eigenvalue weighted by Crippen LogP contribution is -2.30. The first-order chi connectivity index (χ1) is 13.4. The number of aryl methyl sites for hydroxylation is 2. The van der Waals surface area contributed by atoms with Gasteiger partial charge in [-0.25, -0.2) is 14.5 Å². The van der Waals surface area contributed by atoms with Crippen molar-refractivity contribution >= 4 is 17.8 Å². The van der Waals surface area contributed by atoms with Gasteiger partial charge in [-0.1, -0.05) is 0 Å². The number of rotatable bonds is 9. The van der Waals surface area contributed by atoms with E-state index in [1.807, 2.05) is 19.9 Å². The first kappa shape index (κ1) is 21.1. The lowest BCUT2D eigenvalue weighted by molar-refractivity contribution is -0.143. The number of pyridine rings is 1. The van der Waals surface area contributed by atoms with E-state index in [-0.39, 0.29) is 18.0 Å². The Balaban J connectivity index is 1.76. The number of amides is 1. The molecule has 9 nitrogen and oxygen atoms in total. The van der Waals surface area contributed by atoms with Gasteiger partial charge in [-0.3, -0.25) is 9.59 Å². The standard InChI is InChI=1S/C19H24N4O5/c1-4-27-18(25)6-5-9-20-17(24)12-28-19(26)15-7-8-16(21-11-15)23-14(3)10-13(2)22-23/h7-8,10-11H,4-6,9,12H2,1-3H3,(H,20,24). The molecule has 28 heavy (non-hydrogen) atoms. The first-order valence-corrected chi connectivity index (χ1v) is 9.00. The number of hydrogen-bond acceptors (Lipinski definition) is 7. The van der Waals surface area contributed by atoms with Crippen molar-refractivity contribution in [3.8, 4) is 5.82 Å². The number of nitrogens with zero attached hydrogens (tertiary/aromatic N) is 3. The van der Waals surface area contributed by atoms with Gasteiger partial charge in [0.15, 0.2) is 12.4 Å². The second-order valence-corrected chi connectivity index (χ2v) is 6.08. The van der Waals surface area contributed by atoms with Crippen molar-refractivity contribution < 1.29 is 23.9 Å². The Bertz CT molecular complexity index is 829. The zero-order valence-corrected chi connectivity index (χ0v) is 16.2. The molecule has 0 unspecified atom stereocenters. The highest BCUT2D eigenvalue weighted by atomic mass is 16.5. The average Bonchev–Trinajstić information content (AvgIpc) is 3.01. The van der Waals surface area contributed by atoms with Gasteiger partial charge in [-0.05, 0) is 45.4 Å². The smallest absolute Gasteiger partial charge is 0.340 e. The summed E-state index contributed by atoms with van der Waals surface area (Å²) in [6.07, 6.45) is 2.06. The Morgan fingerprint density at radius 1 is 1.18 bits per heavy atom. The van der Waals surface area contributed by atoms with E-state index in [0.29, 0.717) is 25.4 Å². The van der Waals surface area contributed by atoms with Crippen LogP contribution in [0, 0.1) is 13.8 Å². The summed E-state index contributed by atoms with van der Waals surface area (Å²) < 4.78 is 11.4. The van der Waals surface area contributed by atoms with E-state index < -0.39 is 18.5 Å². The lowest BCUT2D eigenvalue weighted by atomic mass is 10.3. The third-order valence-corrected chi connectivity index (χ3v) is 3.73.